The summed E-state index contributed by atoms with van der Waals surface area (Å²) in [5.41, 5.74) is -5.38. The number of hydrogen-bond acceptors (Lipinski definition) is 2. The van der Waals surface area contributed by atoms with E-state index in [0.717, 1.165) is 18.3 Å². The van der Waals surface area contributed by atoms with Crippen LogP contribution in [-0.2, 0) is 16.4 Å². The van der Waals surface area contributed by atoms with Gasteiger partial charge in [-0.2, -0.15) is 13.2 Å². The van der Waals surface area contributed by atoms with Crippen LogP contribution in [-0.4, -0.2) is 22.0 Å². The van der Waals surface area contributed by atoms with Crippen LogP contribution in [0.2, 0.25) is 0 Å². The number of carboxylic acids is 1. The van der Waals surface area contributed by atoms with Crippen molar-refractivity contribution >= 4 is 5.97 Å². The Kier molecular flexibility index (Phi) is 2.40. The number of nitrogens with zero attached hydrogens (tertiary/aromatic N) is 1. The van der Waals surface area contributed by atoms with Crippen molar-refractivity contribution < 1.29 is 31.9 Å². The molecule has 0 amide bonds. The molecule has 98 valence electrons. The first-order valence-electron chi connectivity index (χ1n) is 4.77. The number of carbonyl (C=O) groups is 1. The van der Waals surface area contributed by atoms with Gasteiger partial charge in [-0.25, -0.2) is 8.78 Å². The minimum atomic E-state index is -4.97. The van der Waals surface area contributed by atoms with Crippen LogP contribution in [0.1, 0.15) is 17.7 Å². The summed E-state index contributed by atoms with van der Waals surface area (Å²) in [5.74, 6) is -5.67. The standard InChI is InChI=1S/C10H6F5NO2/c11-9(12)4-8(9,7(17)18)5-2-1-3-16-6(5)10(13,14)15/h1-3H,4H2,(H,17,18). The highest BCUT2D eigenvalue weighted by atomic mass is 19.4. The van der Waals surface area contributed by atoms with Gasteiger partial charge in [-0.05, 0) is 6.07 Å². The lowest BCUT2D eigenvalue weighted by Gasteiger charge is -2.16. The summed E-state index contributed by atoms with van der Waals surface area (Å²) in [6.07, 6.45) is -5.34. The molecule has 18 heavy (non-hydrogen) atoms. The molecule has 1 heterocycles. The largest absolute Gasteiger partial charge is 0.480 e. The van der Waals surface area contributed by atoms with Crippen LogP contribution in [0.25, 0.3) is 0 Å². The first-order valence-corrected chi connectivity index (χ1v) is 4.77. The molecule has 1 N–H and O–H groups in total. The Balaban J connectivity index is 2.63. The van der Waals surface area contributed by atoms with Crippen LogP contribution in [0.5, 0.6) is 0 Å². The number of aliphatic carboxylic acids is 1. The van der Waals surface area contributed by atoms with E-state index >= 15 is 0 Å². The van der Waals surface area contributed by atoms with Gasteiger partial charge in [0.1, 0.15) is 5.69 Å². The van der Waals surface area contributed by atoms with Crippen molar-refractivity contribution in [3.05, 3.63) is 29.6 Å². The Morgan fingerprint density at radius 1 is 1.39 bits per heavy atom. The van der Waals surface area contributed by atoms with E-state index in [1.165, 1.54) is 0 Å². The van der Waals surface area contributed by atoms with Crippen molar-refractivity contribution in [2.45, 2.75) is 23.9 Å². The number of alkyl halides is 5. The fourth-order valence-corrected chi connectivity index (χ4v) is 1.90. The van der Waals surface area contributed by atoms with Gasteiger partial charge in [-0.1, -0.05) is 6.07 Å². The summed E-state index contributed by atoms with van der Waals surface area (Å²) in [6.45, 7) is 0. The highest BCUT2D eigenvalue weighted by molar-refractivity contribution is 5.88. The van der Waals surface area contributed by atoms with Gasteiger partial charge >= 0.3 is 12.1 Å². The van der Waals surface area contributed by atoms with Gasteiger partial charge in [-0.15, -0.1) is 0 Å². The Morgan fingerprint density at radius 3 is 2.33 bits per heavy atom. The molecule has 8 heteroatoms. The highest BCUT2D eigenvalue weighted by Crippen LogP contribution is 2.63. The Hall–Kier alpha value is -1.73. The summed E-state index contributed by atoms with van der Waals surface area (Å²) in [5, 5.41) is 8.81. The minimum absolute atomic E-state index is 0.727. The number of carboxylic acid groups (broad SMARTS) is 1. The zero-order valence-electron chi connectivity index (χ0n) is 8.63. The summed E-state index contributed by atoms with van der Waals surface area (Å²) in [6, 6.07) is 1.73. The van der Waals surface area contributed by atoms with Crippen LogP contribution in [0.4, 0.5) is 22.0 Å². The quantitative estimate of drug-likeness (QED) is 0.837. The van der Waals surface area contributed by atoms with Gasteiger partial charge in [0, 0.05) is 18.2 Å². The maximum absolute atomic E-state index is 13.2. The third-order valence-corrected chi connectivity index (χ3v) is 2.89. The fraction of sp³-hybridized carbons (Fsp3) is 0.400. The molecule has 0 radical (unpaired) electrons. The number of pyridine rings is 1. The molecule has 0 aromatic carbocycles. The van der Waals surface area contributed by atoms with E-state index in [4.69, 9.17) is 5.11 Å². The lowest BCUT2D eigenvalue weighted by atomic mass is 9.93. The molecular formula is C10H6F5NO2. The minimum Gasteiger partial charge on any atom is -0.480 e. The average molecular weight is 267 g/mol. The van der Waals surface area contributed by atoms with Crippen molar-refractivity contribution in [2.24, 2.45) is 0 Å². The molecule has 1 fully saturated rings. The number of aromatic nitrogens is 1. The van der Waals surface area contributed by atoms with Crippen LogP contribution in [0.3, 0.4) is 0 Å². The Morgan fingerprint density at radius 2 is 1.94 bits per heavy atom. The van der Waals surface area contributed by atoms with E-state index in [1.54, 1.807) is 0 Å². The third-order valence-electron chi connectivity index (χ3n) is 2.89. The topological polar surface area (TPSA) is 50.2 Å². The van der Waals surface area contributed by atoms with E-state index in [1.807, 2.05) is 0 Å². The molecular weight excluding hydrogens is 261 g/mol. The maximum Gasteiger partial charge on any atom is 0.433 e. The molecule has 1 aliphatic rings. The third kappa shape index (κ3) is 1.55. The van der Waals surface area contributed by atoms with Crippen molar-refractivity contribution in [1.82, 2.24) is 4.98 Å². The normalized spacial score (nSPS) is 25.8. The molecule has 1 atom stereocenters. The predicted octanol–water partition coefficient (Wildman–Crippen LogP) is 2.46. The number of halogens is 5. The molecule has 1 saturated carbocycles. The Labute approximate surface area is 97.3 Å². The summed E-state index contributed by atoms with van der Waals surface area (Å²) >= 11 is 0. The van der Waals surface area contributed by atoms with Crippen LogP contribution in [0.15, 0.2) is 18.3 Å². The monoisotopic (exact) mass is 267 g/mol. The molecule has 2 rings (SSSR count). The van der Waals surface area contributed by atoms with Crippen LogP contribution < -0.4 is 0 Å². The zero-order valence-corrected chi connectivity index (χ0v) is 8.63. The SMILES string of the molecule is O=C(O)C1(c2cccnc2C(F)(F)F)CC1(F)F. The molecule has 0 aliphatic heterocycles. The van der Waals surface area contributed by atoms with Gasteiger partial charge in [0.25, 0.3) is 5.92 Å². The highest BCUT2D eigenvalue weighted by Gasteiger charge is 2.78. The van der Waals surface area contributed by atoms with Crippen molar-refractivity contribution in [1.29, 1.82) is 0 Å². The second kappa shape index (κ2) is 3.39. The van der Waals surface area contributed by atoms with Gasteiger partial charge in [-0.3, -0.25) is 9.78 Å². The molecule has 0 saturated heterocycles. The van der Waals surface area contributed by atoms with Crippen molar-refractivity contribution in [3.8, 4) is 0 Å². The molecule has 1 aromatic heterocycles. The number of rotatable bonds is 2. The molecule has 1 aliphatic carbocycles. The van der Waals surface area contributed by atoms with Crippen LogP contribution in [0, 0.1) is 0 Å². The average Bonchev–Trinajstić information content (AvgIpc) is 2.82. The molecule has 1 aromatic rings. The maximum atomic E-state index is 13.2. The smallest absolute Gasteiger partial charge is 0.433 e. The summed E-state index contributed by atoms with van der Waals surface area (Å²) in [4.78, 5) is 13.9. The Bertz CT molecular complexity index is 513. The number of hydrogen-bond donors (Lipinski definition) is 1. The molecule has 0 spiro atoms. The van der Waals surface area contributed by atoms with Gasteiger partial charge in [0.05, 0.1) is 0 Å². The predicted molar refractivity (Wildman–Crippen MR) is 48.1 cm³/mol. The zero-order chi connectivity index (χ0) is 13.8. The molecule has 3 nitrogen and oxygen atoms in total. The van der Waals surface area contributed by atoms with E-state index in [0.29, 0.717) is 0 Å². The van der Waals surface area contributed by atoms with E-state index in [2.05, 4.69) is 4.98 Å². The van der Waals surface area contributed by atoms with Crippen molar-refractivity contribution in [2.75, 3.05) is 0 Å². The van der Waals surface area contributed by atoms with Gasteiger partial charge < -0.3 is 5.11 Å². The van der Waals surface area contributed by atoms with Crippen LogP contribution >= 0.6 is 0 Å². The fourth-order valence-electron chi connectivity index (χ4n) is 1.90. The molecule has 0 bridgehead atoms. The van der Waals surface area contributed by atoms with E-state index < -0.39 is 41.2 Å². The second-order valence-corrected chi connectivity index (χ2v) is 3.99. The van der Waals surface area contributed by atoms with Gasteiger partial charge in [0.2, 0.25) is 0 Å². The first kappa shape index (κ1) is 12.7. The summed E-state index contributed by atoms with van der Waals surface area (Å²) in [7, 11) is 0. The van der Waals surface area contributed by atoms with Gasteiger partial charge in [0.15, 0.2) is 5.41 Å². The van der Waals surface area contributed by atoms with E-state index in [-0.39, 0.29) is 0 Å². The lowest BCUT2D eigenvalue weighted by Crippen LogP contribution is -2.30. The first-order chi connectivity index (χ1) is 8.13. The second-order valence-electron chi connectivity index (χ2n) is 3.99. The molecule has 1 unspecified atom stereocenters. The summed E-state index contributed by atoms with van der Waals surface area (Å²) < 4.78 is 64.2. The van der Waals surface area contributed by atoms with Crippen molar-refractivity contribution in [3.63, 3.8) is 0 Å². The van der Waals surface area contributed by atoms with E-state index in [9.17, 15) is 26.7 Å². The lowest BCUT2D eigenvalue weighted by molar-refractivity contribution is -0.146.